The molecule has 0 fully saturated rings. The number of hydrogen-bond donors (Lipinski definition) is 1. The van der Waals surface area contributed by atoms with Crippen LogP contribution in [0.4, 0.5) is 11.4 Å². The molecule has 1 N–H and O–H groups in total. The number of fused-ring (bicyclic) bond motifs is 1. The molecule has 0 aliphatic carbocycles. The molecule has 1 amide bonds. The molecular weight excluding hydrogens is 471 g/mol. The van der Waals surface area contributed by atoms with Crippen molar-refractivity contribution in [2.75, 3.05) is 23.3 Å². The van der Waals surface area contributed by atoms with Gasteiger partial charge in [0.05, 0.1) is 28.3 Å². The summed E-state index contributed by atoms with van der Waals surface area (Å²) >= 11 is 12.1. The number of anilines is 2. The number of hydrogen-bond acceptors (Lipinski definition) is 4. The van der Waals surface area contributed by atoms with Crippen molar-refractivity contribution >= 4 is 50.5 Å². The maximum Gasteiger partial charge on any atom is 0.264 e. The zero-order chi connectivity index (χ0) is 22.9. The molecule has 0 bridgehead atoms. The standard InChI is InChI=1S/C23H20Cl2N2O4S/c1-31-18-7-9-19(10-8-18)32(29,30)27-12-2-3-15-4-6-17(14-22(15)27)26-23(28)20-13-16(24)5-11-21(20)25/h4-11,13-14H,2-3,12H2,1H3,(H,26,28). The molecule has 1 aliphatic heterocycles. The monoisotopic (exact) mass is 490 g/mol. The van der Waals surface area contributed by atoms with E-state index >= 15 is 0 Å². The van der Waals surface area contributed by atoms with Crippen molar-refractivity contribution in [3.05, 3.63) is 81.8 Å². The second kappa shape index (κ2) is 9.02. The van der Waals surface area contributed by atoms with E-state index in [4.69, 9.17) is 27.9 Å². The minimum atomic E-state index is -3.78. The van der Waals surface area contributed by atoms with Crippen LogP contribution in [-0.2, 0) is 16.4 Å². The molecule has 9 heteroatoms. The van der Waals surface area contributed by atoms with Crippen molar-refractivity contribution in [2.45, 2.75) is 17.7 Å². The summed E-state index contributed by atoms with van der Waals surface area (Å²) in [5.74, 6) is 0.144. The second-order valence-corrected chi connectivity index (χ2v) is 9.98. The predicted molar refractivity (Wildman–Crippen MR) is 127 cm³/mol. The largest absolute Gasteiger partial charge is 0.497 e. The van der Waals surface area contributed by atoms with Crippen molar-refractivity contribution in [2.24, 2.45) is 0 Å². The minimum Gasteiger partial charge on any atom is -0.497 e. The van der Waals surface area contributed by atoms with Gasteiger partial charge in [-0.05, 0) is 73.0 Å². The Morgan fingerprint density at radius 1 is 1.03 bits per heavy atom. The van der Waals surface area contributed by atoms with Crippen molar-refractivity contribution < 1.29 is 17.9 Å². The van der Waals surface area contributed by atoms with Gasteiger partial charge in [0, 0.05) is 17.3 Å². The van der Waals surface area contributed by atoms with Crippen LogP contribution in [0.2, 0.25) is 10.0 Å². The Labute approximate surface area is 196 Å². The summed E-state index contributed by atoms with van der Waals surface area (Å²) in [5.41, 5.74) is 2.13. The lowest BCUT2D eigenvalue weighted by molar-refractivity contribution is 0.102. The number of nitrogens with zero attached hydrogens (tertiary/aromatic N) is 1. The summed E-state index contributed by atoms with van der Waals surface area (Å²) < 4.78 is 33.2. The highest BCUT2D eigenvalue weighted by atomic mass is 35.5. The van der Waals surface area contributed by atoms with Crippen molar-refractivity contribution in [1.29, 1.82) is 0 Å². The molecule has 0 atom stereocenters. The fourth-order valence-corrected chi connectivity index (χ4v) is 5.52. The van der Waals surface area contributed by atoms with Gasteiger partial charge in [-0.2, -0.15) is 0 Å². The number of methoxy groups -OCH3 is 1. The predicted octanol–water partition coefficient (Wildman–Crippen LogP) is 5.40. The van der Waals surface area contributed by atoms with Crippen LogP contribution in [0.5, 0.6) is 5.75 Å². The Balaban J connectivity index is 1.66. The third kappa shape index (κ3) is 4.41. The topological polar surface area (TPSA) is 75.7 Å². The molecule has 6 nitrogen and oxygen atoms in total. The first-order valence-electron chi connectivity index (χ1n) is 9.86. The molecule has 0 unspecified atom stereocenters. The van der Waals surface area contributed by atoms with Gasteiger partial charge >= 0.3 is 0 Å². The zero-order valence-electron chi connectivity index (χ0n) is 17.1. The van der Waals surface area contributed by atoms with Crippen LogP contribution in [0.25, 0.3) is 0 Å². The third-order valence-corrected chi connectivity index (χ3v) is 7.63. The Bertz CT molecular complexity index is 1280. The quantitative estimate of drug-likeness (QED) is 0.519. The lowest BCUT2D eigenvalue weighted by Gasteiger charge is -2.31. The summed E-state index contributed by atoms with van der Waals surface area (Å²) in [6, 6.07) is 16.2. The molecule has 3 aromatic rings. The molecule has 32 heavy (non-hydrogen) atoms. The molecule has 4 rings (SSSR count). The van der Waals surface area contributed by atoms with Gasteiger partial charge in [-0.1, -0.05) is 29.3 Å². The number of amides is 1. The third-order valence-electron chi connectivity index (χ3n) is 5.24. The van der Waals surface area contributed by atoms with E-state index in [2.05, 4.69) is 5.32 Å². The zero-order valence-corrected chi connectivity index (χ0v) is 19.5. The number of nitrogens with one attached hydrogen (secondary N) is 1. The lowest BCUT2D eigenvalue weighted by atomic mass is 10.0. The van der Waals surface area contributed by atoms with Gasteiger partial charge in [0.2, 0.25) is 0 Å². The highest BCUT2D eigenvalue weighted by Crippen LogP contribution is 2.35. The number of benzene rings is 3. The smallest absolute Gasteiger partial charge is 0.264 e. The summed E-state index contributed by atoms with van der Waals surface area (Å²) in [6.07, 6.45) is 1.45. The average molecular weight is 491 g/mol. The fourth-order valence-electron chi connectivity index (χ4n) is 3.61. The number of carbonyl (C=O) groups is 1. The Kier molecular flexibility index (Phi) is 6.33. The number of rotatable bonds is 5. The maximum absolute atomic E-state index is 13.4. The van der Waals surface area contributed by atoms with Gasteiger partial charge in [-0.25, -0.2) is 8.42 Å². The van der Waals surface area contributed by atoms with E-state index in [-0.39, 0.29) is 15.5 Å². The van der Waals surface area contributed by atoms with Crippen molar-refractivity contribution in [1.82, 2.24) is 0 Å². The van der Waals surface area contributed by atoms with Gasteiger partial charge in [-0.15, -0.1) is 0 Å². The molecular formula is C23H20Cl2N2O4S. The number of aryl methyl sites for hydroxylation is 1. The molecule has 0 aromatic heterocycles. The average Bonchev–Trinajstić information content (AvgIpc) is 2.80. The van der Waals surface area contributed by atoms with Crippen LogP contribution in [0.3, 0.4) is 0 Å². The van der Waals surface area contributed by atoms with Crippen LogP contribution in [-0.4, -0.2) is 28.0 Å². The van der Waals surface area contributed by atoms with E-state index in [9.17, 15) is 13.2 Å². The number of ether oxygens (including phenoxy) is 1. The first kappa shape index (κ1) is 22.5. The van der Waals surface area contributed by atoms with Gasteiger partial charge in [0.25, 0.3) is 15.9 Å². The summed E-state index contributed by atoms with van der Waals surface area (Å²) in [5, 5.41) is 3.45. The Hall–Kier alpha value is -2.74. The van der Waals surface area contributed by atoms with Gasteiger partial charge in [0.1, 0.15) is 5.75 Å². The van der Waals surface area contributed by atoms with Crippen molar-refractivity contribution in [3.8, 4) is 5.75 Å². The van der Waals surface area contributed by atoms with Gasteiger partial charge in [-0.3, -0.25) is 9.10 Å². The molecule has 0 spiro atoms. The van der Waals surface area contributed by atoms with E-state index in [1.807, 2.05) is 6.07 Å². The van der Waals surface area contributed by atoms with Crippen LogP contribution in [0.15, 0.2) is 65.6 Å². The number of sulfonamides is 1. The van der Waals surface area contributed by atoms with Crippen LogP contribution in [0, 0.1) is 0 Å². The molecule has 0 saturated heterocycles. The fraction of sp³-hybridized carbons (Fsp3) is 0.174. The summed E-state index contributed by atoms with van der Waals surface area (Å²) in [4.78, 5) is 12.9. The highest BCUT2D eigenvalue weighted by Gasteiger charge is 2.29. The van der Waals surface area contributed by atoms with Crippen LogP contribution < -0.4 is 14.4 Å². The first-order chi connectivity index (χ1) is 15.3. The SMILES string of the molecule is COc1ccc(S(=O)(=O)N2CCCc3ccc(NC(=O)c4cc(Cl)ccc4Cl)cc32)cc1. The number of carbonyl (C=O) groups excluding carboxylic acids is 1. The normalized spacial score (nSPS) is 13.4. The highest BCUT2D eigenvalue weighted by molar-refractivity contribution is 7.92. The summed E-state index contributed by atoms with van der Waals surface area (Å²) in [7, 11) is -2.26. The van der Waals surface area contributed by atoms with E-state index in [0.29, 0.717) is 35.1 Å². The van der Waals surface area contributed by atoms with Gasteiger partial charge < -0.3 is 10.1 Å². The molecule has 0 saturated carbocycles. The Morgan fingerprint density at radius 3 is 2.50 bits per heavy atom. The first-order valence-corrected chi connectivity index (χ1v) is 12.1. The second-order valence-electron chi connectivity index (χ2n) is 7.28. The molecule has 3 aromatic carbocycles. The minimum absolute atomic E-state index is 0.172. The van der Waals surface area contributed by atoms with E-state index in [1.54, 1.807) is 36.4 Å². The number of halogens is 2. The maximum atomic E-state index is 13.4. The van der Waals surface area contributed by atoms with Crippen LogP contribution >= 0.6 is 23.2 Å². The van der Waals surface area contributed by atoms with E-state index < -0.39 is 15.9 Å². The van der Waals surface area contributed by atoms with E-state index in [1.165, 1.54) is 29.6 Å². The van der Waals surface area contributed by atoms with E-state index in [0.717, 1.165) is 12.0 Å². The molecule has 1 heterocycles. The Morgan fingerprint density at radius 2 is 1.78 bits per heavy atom. The van der Waals surface area contributed by atoms with Crippen LogP contribution in [0.1, 0.15) is 22.3 Å². The molecule has 0 radical (unpaired) electrons. The van der Waals surface area contributed by atoms with Gasteiger partial charge in [0.15, 0.2) is 0 Å². The summed E-state index contributed by atoms with van der Waals surface area (Å²) in [6.45, 7) is 0.346. The lowest BCUT2D eigenvalue weighted by Crippen LogP contribution is -2.35. The van der Waals surface area contributed by atoms with Crippen molar-refractivity contribution in [3.63, 3.8) is 0 Å². The molecule has 1 aliphatic rings. The molecule has 166 valence electrons.